The van der Waals surface area contributed by atoms with Crippen molar-refractivity contribution in [3.05, 3.63) is 12.7 Å². The van der Waals surface area contributed by atoms with Crippen LogP contribution in [0, 0.1) is 28.1 Å². The van der Waals surface area contributed by atoms with Crippen LogP contribution in [0.4, 0.5) is 9.59 Å². The van der Waals surface area contributed by atoms with Crippen molar-refractivity contribution in [1.29, 1.82) is 0 Å². The molecule has 0 radical (unpaired) electrons. The first-order valence-corrected chi connectivity index (χ1v) is 16.9. The van der Waals surface area contributed by atoms with Crippen LogP contribution in [-0.4, -0.2) is 102 Å². The molecule has 3 fully saturated rings. The fourth-order valence-electron chi connectivity index (χ4n) is 6.66. The van der Waals surface area contributed by atoms with Gasteiger partial charge in [-0.25, -0.2) is 9.59 Å². The average Bonchev–Trinajstić information content (AvgIpc) is 3.27. The molecule has 2 aliphatic heterocycles. The number of fused-ring (bicyclic) bond motifs is 1. The van der Waals surface area contributed by atoms with Gasteiger partial charge in [-0.3, -0.25) is 28.9 Å². The number of Topliss-reactive ketones (excluding diaryl/α,β-unsaturated/α-hetero) is 1. The lowest BCUT2D eigenvalue weighted by Gasteiger charge is -2.39. The number of unbranched alkanes of at least 4 members (excludes halogenated alkanes) is 1. The molecule has 1 unspecified atom stereocenters. The smallest absolute Gasteiger partial charge is 0.324 e. The Kier molecular flexibility index (Phi) is 11.7. The van der Waals surface area contributed by atoms with Crippen molar-refractivity contribution in [2.75, 3.05) is 26.2 Å². The second-order valence-corrected chi connectivity index (χ2v) is 16.0. The number of urea groups is 2. The Morgan fingerprint density at radius 2 is 1.67 bits per heavy atom. The van der Waals surface area contributed by atoms with Crippen LogP contribution in [0.5, 0.6) is 0 Å². The number of imide groups is 1. The summed E-state index contributed by atoms with van der Waals surface area (Å²) >= 11 is 0. The monoisotopic (exact) mass is 673 g/mol. The zero-order valence-corrected chi connectivity index (χ0v) is 30.0. The number of carbonyl (C=O) groups excluding carboxylic acids is 7. The summed E-state index contributed by atoms with van der Waals surface area (Å²) in [5.74, 6) is -3.04. The Morgan fingerprint density at radius 1 is 1.02 bits per heavy atom. The fraction of sp³-hybridized carbons (Fsp3) is 0.735. The number of ketones is 1. The van der Waals surface area contributed by atoms with Crippen LogP contribution >= 0.6 is 0 Å². The molecule has 3 aliphatic rings. The van der Waals surface area contributed by atoms with Gasteiger partial charge in [-0.2, -0.15) is 0 Å². The number of nitrogens with one attached hydrogen (secondary N) is 5. The number of nitrogens with zero attached hydrogens (tertiary/aromatic N) is 2. The summed E-state index contributed by atoms with van der Waals surface area (Å²) < 4.78 is 0. The lowest BCUT2D eigenvalue weighted by Crippen LogP contribution is -2.63. The highest BCUT2D eigenvalue weighted by Crippen LogP contribution is 2.65. The highest BCUT2D eigenvalue weighted by atomic mass is 16.2. The van der Waals surface area contributed by atoms with Crippen LogP contribution in [0.1, 0.15) is 81.6 Å². The average molecular weight is 674 g/mol. The number of piperidine rings is 1. The summed E-state index contributed by atoms with van der Waals surface area (Å²) in [5, 5.41) is 13.4. The van der Waals surface area contributed by atoms with Gasteiger partial charge in [0.05, 0.1) is 25.2 Å². The van der Waals surface area contributed by atoms with Crippen molar-refractivity contribution in [1.82, 2.24) is 36.4 Å². The van der Waals surface area contributed by atoms with Crippen LogP contribution in [-0.2, 0) is 24.0 Å². The molecule has 14 nitrogen and oxygen atoms in total. The van der Waals surface area contributed by atoms with Crippen LogP contribution in [0.25, 0.3) is 0 Å². The van der Waals surface area contributed by atoms with Gasteiger partial charge < -0.3 is 31.5 Å². The molecule has 6 atom stereocenters. The molecule has 1 saturated carbocycles. The Labute approximate surface area is 283 Å². The molecular formula is C34H55N7O7. The van der Waals surface area contributed by atoms with Gasteiger partial charge >= 0.3 is 12.1 Å². The molecule has 268 valence electrons. The van der Waals surface area contributed by atoms with E-state index in [4.69, 9.17) is 0 Å². The molecule has 48 heavy (non-hydrogen) atoms. The maximum Gasteiger partial charge on any atom is 0.324 e. The summed E-state index contributed by atoms with van der Waals surface area (Å²) in [4.78, 5) is 94.5. The standard InChI is InChI=1S/C34H55N7O7/c1-11-13-14-20(25(43)28(45)35-15-12-2)37-27(44)24-23-19(34(23,9)10)17-41(24)29(46)26(33(6,7)8)39-30(47)38-21(32(3,4)5)18-40-22(42)16-36-31(40)48/h12,19-21,23-24,26H,2,11,13-18H2,1,3-10H3,(H,35,45)(H,36,48)(H,37,44)(H2,38,39,47)/t19-,20?,21-,23-,24-,26+/m0/s1. The van der Waals surface area contributed by atoms with Crippen molar-refractivity contribution >= 4 is 41.5 Å². The lowest BCUT2D eigenvalue weighted by molar-refractivity contribution is -0.145. The number of hydrogen-bond donors (Lipinski definition) is 5. The van der Waals surface area contributed by atoms with E-state index in [0.717, 1.165) is 11.3 Å². The normalized spacial score (nSPS) is 23.3. The highest BCUT2D eigenvalue weighted by molar-refractivity contribution is 6.38. The van der Waals surface area contributed by atoms with E-state index in [9.17, 15) is 33.6 Å². The topological polar surface area (TPSA) is 186 Å². The molecule has 0 spiro atoms. The predicted octanol–water partition coefficient (Wildman–Crippen LogP) is 1.70. The number of likely N-dealkylation sites (tertiary alicyclic amines) is 1. The summed E-state index contributed by atoms with van der Waals surface area (Å²) in [5.41, 5.74) is -1.55. The molecule has 0 aromatic rings. The molecule has 0 bridgehead atoms. The molecule has 8 amide bonds. The third kappa shape index (κ3) is 8.54. The molecule has 14 heteroatoms. The number of amides is 8. The quantitative estimate of drug-likeness (QED) is 0.105. The van der Waals surface area contributed by atoms with Gasteiger partial charge in [-0.1, -0.05) is 81.2 Å². The third-order valence-corrected chi connectivity index (χ3v) is 9.91. The second-order valence-electron chi connectivity index (χ2n) is 16.0. The molecular weight excluding hydrogens is 618 g/mol. The Balaban J connectivity index is 1.83. The van der Waals surface area contributed by atoms with Crippen molar-refractivity contribution in [3.63, 3.8) is 0 Å². The van der Waals surface area contributed by atoms with Gasteiger partial charge in [-0.05, 0) is 34.5 Å². The van der Waals surface area contributed by atoms with E-state index >= 15 is 0 Å². The first kappa shape index (κ1) is 38.5. The van der Waals surface area contributed by atoms with Crippen molar-refractivity contribution in [2.24, 2.45) is 28.1 Å². The first-order chi connectivity index (χ1) is 22.2. The summed E-state index contributed by atoms with van der Waals surface area (Å²) in [6.07, 6.45) is 3.08. The molecule has 2 heterocycles. The summed E-state index contributed by atoms with van der Waals surface area (Å²) in [6.45, 7) is 20.8. The molecule has 3 rings (SSSR count). The van der Waals surface area contributed by atoms with E-state index < -0.39 is 76.5 Å². The SMILES string of the molecule is C=CCNC(=O)C(=O)C(CCCC)NC(=O)[C@@H]1[C@@H]2[C@H](CN1C(=O)[C@@H](NC(=O)N[C@@H](CN1C(=O)CNC1=O)C(C)(C)C)C(C)(C)C)C2(C)C. The van der Waals surface area contributed by atoms with Crippen molar-refractivity contribution < 1.29 is 33.6 Å². The number of carbonyl (C=O) groups is 7. The lowest BCUT2D eigenvalue weighted by atomic mass is 9.85. The van der Waals surface area contributed by atoms with E-state index in [0.29, 0.717) is 13.0 Å². The predicted molar refractivity (Wildman–Crippen MR) is 179 cm³/mol. The zero-order chi connectivity index (χ0) is 36.4. The van der Waals surface area contributed by atoms with Gasteiger partial charge in [0.1, 0.15) is 12.1 Å². The number of hydrogen-bond acceptors (Lipinski definition) is 7. The van der Waals surface area contributed by atoms with Crippen LogP contribution in [0.2, 0.25) is 0 Å². The van der Waals surface area contributed by atoms with Crippen LogP contribution in [0.3, 0.4) is 0 Å². The molecule has 2 saturated heterocycles. The molecule has 0 aromatic heterocycles. The van der Waals surface area contributed by atoms with Crippen molar-refractivity contribution in [2.45, 2.75) is 106 Å². The minimum Gasteiger partial charge on any atom is -0.346 e. The Bertz CT molecular complexity index is 1300. The molecule has 1 aliphatic carbocycles. The maximum absolute atomic E-state index is 14.3. The Morgan fingerprint density at radius 3 is 2.19 bits per heavy atom. The van der Waals surface area contributed by atoms with Gasteiger partial charge in [0, 0.05) is 13.1 Å². The van der Waals surface area contributed by atoms with E-state index in [-0.39, 0.29) is 43.3 Å². The van der Waals surface area contributed by atoms with E-state index in [2.05, 4.69) is 33.2 Å². The summed E-state index contributed by atoms with van der Waals surface area (Å²) in [6, 6.07) is -4.83. The zero-order valence-electron chi connectivity index (χ0n) is 30.0. The highest BCUT2D eigenvalue weighted by Gasteiger charge is 2.70. The second kappa shape index (κ2) is 14.7. The van der Waals surface area contributed by atoms with Crippen LogP contribution < -0.4 is 26.6 Å². The van der Waals surface area contributed by atoms with E-state index in [1.165, 1.54) is 11.0 Å². The summed E-state index contributed by atoms with van der Waals surface area (Å²) in [7, 11) is 0. The number of rotatable bonds is 14. The van der Waals surface area contributed by atoms with Gasteiger partial charge in [0.2, 0.25) is 23.5 Å². The fourth-order valence-corrected chi connectivity index (χ4v) is 6.66. The molecule has 0 aromatic carbocycles. The van der Waals surface area contributed by atoms with Crippen molar-refractivity contribution in [3.8, 4) is 0 Å². The first-order valence-electron chi connectivity index (χ1n) is 16.9. The molecule has 5 N–H and O–H groups in total. The van der Waals surface area contributed by atoms with E-state index in [1.54, 1.807) is 20.8 Å². The largest absolute Gasteiger partial charge is 0.346 e. The van der Waals surface area contributed by atoms with Gasteiger partial charge in [0.25, 0.3) is 5.91 Å². The minimum absolute atomic E-state index is 0.0433. The third-order valence-electron chi connectivity index (χ3n) is 9.91. The van der Waals surface area contributed by atoms with Crippen LogP contribution in [0.15, 0.2) is 12.7 Å². The Hall–Kier alpha value is -3.97. The van der Waals surface area contributed by atoms with Gasteiger partial charge in [0.15, 0.2) is 0 Å². The van der Waals surface area contributed by atoms with E-state index in [1.807, 2.05) is 41.5 Å². The van der Waals surface area contributed by atoms with Gasteiger partial charge in [-0.15, -0.1) is 6.58 Å². The minimum atomic E-state index is -1.05. The maximum atomic E-state index is 14.3.